The maximum absolute atomic E-state index is 13.5. The molecule has 4 aromatic rings. The largest absolute Gasteiger partial charge is 0.382 e. The molecular weight excluding hydrogens is 331 g/mol. The SMILES string of the molecule is CCN(c1cccc(F)c1)c1ncc(-c2ccc3[nH]nc(N)c3c2)cn1. The summed E-state index contributed by atoms with van der Waals surface area (Å²) in [7, 11) is 0. The number of H-pyrrole nitrogens is 1. The molecule has 4 rings (SSSR count). The number of hydrogen-bond donors (Lipinski definition) is 2. The van der Waals surface area contributed by atoms with E-state index in [1.54, 1.807) is 18.5 Å². The van der Waals surface area contributed by atoms with Crippen LogP contribution in [0.3, 0.4) is 0 Å². The first-order valence-corrected chi connectivity index (χ1v) is 8.25. The van der Waals surface area contributed by atoms with Crippen LogP contribution in [0.4, 0.5) is 21.8 Å². The maximum atomic E-state index is 13.5. The third-order valence-corrected chi connectivity index (χ3v) is 4.24. The standard InChI is InChI=1S/C19H17FN6/c1-2-26(15-5-3-4-14(20)9-15)19-22-10-13(11-23-19)12-6-7-17-16(8-12)18(21)25-24-17/h3-11H,2H2,1H3,(H3,21,24,25). The third-order valence-electron chi connectivity index (χ3n) is 4.24. The minimum atomic E-state index is -0.288. The third kappa shape index (κ3) is 2.83. The molecule has 7 heteroatoms. The Morgan fingerprint density at radius 3 is 2.62 bits per heavy atom. The van der Waals surface area contributed by atoms with Gasteiger partial charge in [-0.3, -0.25) is 5.10 Å². The minimum absolute atomic E-state index is 0.288. The van der Waals surface area contributed by atoms with Crippen LogP contribution in [0.25, 0.3) is 22.0 Å². The number of nitrogens with one attached hydrogen (secondary N) is 1. The zero-order valence-electron chi connectivity index (χ0n) is 14.1. The first kappa shape index (κ1) is 16.0. The molecule has 130 valence electrons. The fourth-order valence-corrected chi connectivity index (χ4v) is 2.91. The van der Waals surface area contributed by atoms with Crippen LogP contribution in [0.15, 0.2) is 54.9 Å². The molecule has 0 unspecified atom stereocenters. The smallest absolute Gasteiger partial charge is 0.229 e. The van der Waals surface area contributed by atoms with Gasteiger partial charge in [0.2, 0.25) is 5.95 Å². The Kier molecular flexibility index (Phi) is 3.96. The van der Waals surface area contributed by atoms with Crippen LogP contribution in [-0.2, 0) is 0 Å². The number of nitrogen functional groups attached to an aromatic ring is 1. The van der Waals surface area contributed by atoms with Gasteiger partial charge >= 0.3 is 0 Å². The van der Waals surface area contributed by atoms with E-state index in [-0.39, 0.29) is 5.82 Å². The molecule has 0 amide bonds. The summed E-state index contributed by atoms with van der Waals surface area (Å²) in [6.45, 7) is 2.60. The van der Waals surface area contributed by atoms with Crippen molar-refractivity contribution in [3.05, 3.63) is 60.7 Å². The number of anilines is 3. The minimum Gasteiger partial charge on any atom is -0.382 e. The van der Waals surface area contributed by atoms with Gasteiger partial charge < -0.3 is 10.6 Å². The molecule has 26 heavy (non-hydrogen) atoms. The lowest BCUT2D eigenvalue weighted by Crippen LogP contribution is -2.18. The summed E-state index contributed by atoms with van der Waals surface area (Å²) in [5.74, 6) is 0.692. The second kappa shape index (κ2) is 6.44. The molecule has 0 spiro atoms. The van der Waals surface area contributed by atoms with E-state index in [9.17, 15) is 4.39 Å². The molecule has 2 heterocycles. The molecule has 0 aliphatic heterocycles. The average molecular weight is 348 g/mol. The Labute approximate surface area is 149 Å². The Morgan fingerprint density at radius 1 is 1.08 bits per heavy atom. The fraction of sp³-hybridized carbons (Fsp3) is 0.105. The van der Waals surface area contributed by atoms with Crippen molar-refractivity contribution < 1.29 is 4.39 Å². The van der Waals surface area contributed by atoms with Gasteiger partial charge in [-0.15, -0.1) is 0 Å². The summed E-state index contributed by atoms with van der Waals surface area (Å²) >= 11 is 0. The van der Waals surface area contributed by atoms with E-state index in [1.165, 1.54) is 12.1 Å². The Balaban J connectivity index is 1.67. The zero-order chi connectivity index (χ0) is 18.1. The van der Waals surface area contributed by atoms with Crippen molar-refractivity contribution in [1.82, 2.24) is 20.2 Å². The number of fused-ring (bicyclic) bond motifs is 1. The number of nitrogens with zero attached hydrogens (tertiary/aromatic N) is 4. The predicted molar refractivity (Wildman–Crippen MR) is 101 cm³/mol. The van der Waals surface area contributed by atoms with Crippen LogP contribution in [0.5, 0.6) is 0 Å². The number of hydrogen-bond acceptors (Lipinski definition) is 5. The van der Waals surface area contributed by atoms with Crippen molar-refractivity contribution in [3.8, 4) is 11.1 Å². The lowest BCUT2D eigenvalue weighted by molar-refractivity contribution is 0.627. The second-order valence-corrected chi connectivity index (χ2v) is 5.87. The van der Waals surface area contributed by atoms with Gasteiger partial charge in [0.15, 0.2) is 5.82 Å². The van der Waals surface area contributed by atoms with Gasteiger partial charge in [-0.05, 0) is 42.8 Å². The van der Waals surface area contributed by atoms with Crippen LogP contribution in [0.1, 0.15) is 6.92 Å². The Morgan fingerprint density at radius 2 is 1.88 bits per heavy atom. The lowest BCUT2D eigenvalue weighted by atomic mass is 10.1. The molecule has 0 saturated heterocycles. The van der Waals surface area contributed by atoms with Gasteiger partial charge in [0.1, 0.15) is 5.82 Å². The molecule has 0 bridgehead atoms. The highest BCUT2D eigenvalue weighted by atomic mass is 19.1. The fourth-order valence-electron chi connectivity index (χ4n) is 2.91. The van der Waals surface area contributed by atoms with E-state index in [0.717, 1.165) is 22.0 Å². The molecule has 2 aromatic carbocycles. The average Bonchev–Trinajstić information content (AvgIpc) is 3.03. The van der Waals surface area contributed by atoms with Crippen LogP contribution in [-0.4, -0.2) is 26.7 Å². The monoisotopic (exact) mass is 348 g/mol. The maximum Gasteiger partial charge on any atom is 0.229 e. The van der Waals surface area contributed by atoms with Crippen LogP contribution < -0.4 is 10.6 Å². The number of benzene rings is 2. The number of rotatable bonds is 4. The van der Waals surface area contributed by atoms with Gasteiger partial charge in [0, 0.05) is 35.6 Å². The van der Waals surface area contributed by atoms with E-state index in [0.29, 0.717) is 24.0 Å². The van der Waals surface area contributed by atoms with Gasteiger partial charge in [-0.2, -0.15) is 5.10 Å². The highest BCUT2D eigenvalue weighted by molar-refractivity contribution is 5.92. The van der Waals surface area contributed by atoms with Crippen molar-refractivity contribution in [2.75, 3.05) is 17.2 Å². The molecule has 0 aliphatic rings. The van der Waals surface area contributed by atoms with Crippen LogP contribution in [0.2, 0.25) is 0 Å². The molecule has 0 fully saturated rings. The molecule has 0 aliphatic carbocycles. The second-order valence-electron chi connectivity index (χ2n) is 5.87. The topological polar surface area (TPSA) is 83.7 Å². The first-order valence-electron chi connectivity index (χ1n) is 8.25. The molecular formula is C19H17FN6. The van der Waals surface area contributed by atoms with Gasteiger partial charge in [0.25, 0.3) is 0 Å². The predicted octanol–water partition coefficient (Wildman–Crippen LogP) is 3.90. The molecule has 0 atom stereocenters. The summed E-state index contributed by atoms with van der Waals surface area (Å²) in [5.41, 5.74) is 9.28. The Bertz CT molecular complexity index is 1060. The summed E-state index contributed by atoms with van der Waals surface area (Å²) in [6.07, 6.45) is 3.50. The van der Waals surface area contributed by atoms with Gasteiger partial charge in [-0.25, -0.2) is 14.4 Å². The van der Waals surface area contributed by atoms with Crippen molar-refractivity contribution in [2.45, 2.75) is 6.92 Å². The molecule has 0 radical (unpaired) electrons. The lowest BCUT2D eigenvalue weighted by Gasteiger charge is -2.20. The van der Waals surface area contributed by atoms with E-state index >= 15 is 0 Å². The number of nitrogens with two attached hydrogens (primary N) is 1. The number of aromatic nitrogens is 4. The summed E-state index contributed by atoms with van der Waals surface area (Å²) in [5, 5.41) is 7.74. The normalized spacial score (nSPS) is 11.0. The van der Waals surface area contributed by atoms with Crippen molar-refractivity contribution in [2.24, 2.45) is 0 Å². The number of aromatic amines is 1. The van der Waals surface area contributed by atoms with E-state index in [4.69, 9.17) is 5.73 Å². The van der Waals surface area contributed by atoms with Crippen molar-refractivity contribution in [1.29, 1.82) is 0 Å². The zero-order valence-corrected chi connectivity index (χ0v) is 14.1. The summed E-state index contributed by atoms with van der Waals surface area (Å²) < 4.78 is 13.5. The quantitative estimate of drug-likeness (QED) is 0.584. The summed E-state index contributed by atoms with van der Waals surface area (Å²) in [6, 6.07) is 12.2. The highest BCUT2D eigenvalue weighted by Gasteiger charge is 2.12. The highest BCUT2D eigenvalue weighted by Crippen LogP contribution is 2.27. The molecule has 0 saturated carbocycles. The van der Waals surface area contributed by atoms with E-state index in [2.05, 4.69) is 20.2 Å². The number of halogens is 1. The van der Waals surface area contributed by atoms with Crippen molar-refractivity contribution in [3.63, 3.8) is 0 Å². The molecule has 2 aromatic heterocycles. The first-order chi connectivity index (χ1) is 12.7. The molecule has 6 nitrogen and oxygen atoms in total. The van der Waals surface area contributed by atoms with Gasteiger partial charge in [0.05, 0.1) is 5.52 Å². The van der Waals surface area contributed by atoms with Crippen molar-refractivity contribution >= 4 is 28.4 Å². The summed E-state index contributed by atoms with van der Waals surface area (Å²) in [4.78, 5) is 10.8. The van der Waals surface area contributed by atoms with E-state index < -0.39 is 0 Å². The van der Waals surface area contributed by atoms with Gasteiger partial charge in [-0.1, -0.05) is 12.1 Å². The molecule has 3 N–H and O–H groups in total. The van der Waals surface area contributed by atoms with E-state index in [1.807, 2.05) is 36.1 Å². The van der Waals surface area contributed by atoms with Crippen LogP contribution >= 0.6 is 0 Å². The Hall–Kier alpha value is -3.48. The van der Waals surface area contributed by atoms with Crippen LogP contribution in [0, 0.1) is 5.82 Å².